The number of aryl methyl sites for hydroxylation is 1. The minimum absolute atomic E-state index is 0.0804. The number of nitrogens with zero attached hydrogens (tertiary/aromatic N) is 2. The van der Waals surface area contributed by atoms with E-state index < -0.39 is 0 Å². The highest BCUT2D eigenvalue weighted by atomic mass is 35.5. The van der Waals surface area contributed by atoms with E-state index in [2.05, 4.69) is 43.7 Å². The molecule has 0 N–H and O–H groups in total. The molecule has 0 saturated heterocycles. The standard InChI is InChI=1S/C25H29ClN2O/c1-4-20-10-12-22(13-11-20)25(29)28(16-19(2)3)18-24-9-6-14-27(24)17-21-7-5-8-23(26)15-21/h5-15,19H,4,16-18H2,1-3H3. The van der Waals surface area contributed by atoms with Crippen LogP contribution in [0.3, 0.4) is 0 Å². The molecule has 3 nitrogen and oxygen atoms in total. The van der Waals surface area contributed by atoms with Gasteiger partial charge in [-0.2, -0.15) is 0 Å². The number of aromatic nitrogens is 1. The molecule has 3 aromatic rings. The van der Waals surface area contributed by atoms with E-state index in [4.69, 9.17) is 11.6 Å². The van der Waals surface area contributed by atoms with Crippen molar-refractivity contribution in [2.24, 2.45) is 5.92 Å². The molecule has 0 radical (unpaired) electrons. The molecule has 2 aromatic carbocycles. The number of hydrogen-bond acceptors (Lipinski definition) is 1. The highest BCUT2D eigenvalue weighted by Crippen LogP contribution is 2.17. The second-order valence-corrected chi connectivity index (χ2v) is 8.32. The van der Waals surface area contributed by atoms with Crippen LogP contribution in [0.4, 0.5) is 0 Å². The summed E-state index contributed by atoms with van der Waals surface area (Å²) in [6.45, 7) is 8.45. The van der Waals surface area contributed by atoms with E-state index in [0.29, 0.717) is 12.5 Å². The Hall–Kier alpha value is -2.52. The van der Waals surface area contributed by atoms with Crippen LogP contribution in [0.5, 0.6) is 0 Å². The van der Waals surface area contributed by atoms with E-state index in [0.717, 1.165) is 41.4 Å². The molecule has 0 saturated carbocycles. The van der Waals surface area contributed by atoms with E-state index in [-0.39, 0.29) is 5.91 Å². The van der Waals surface area contributed by atoms with Gasteiger partial charge in [-0.15, -0.1) is 0 Å². The summed E-state index contributed by atoms with van der Waals surface area (Å²) in [6, 6.07) is 20.0. The molecule has 0 unspecified atom stereocenters. The smallest absolute Gasteiger partial charge is 0.254 e. The monoisotopic (exact) mass is 408 g/mol. The summed E-state index contributed by atoms with van der Waals surface area (Å²) in [5.74, 6) is 0.474. The average molecular weight is 409 g/mol. The molecule has 4 heteroatoms. The lowest BCUT2D eigenvalue weighted by molar-refractivity contribution is 0.0718. The minimum Gasteiger partial charge on any atom is -0.345 e. The lowest BCUT2D eigenvalue weighted by Gasteiger charge is -2.25. The summed E-state index contributed by atoms with van der Waals surface area (Å²) in [7, 11) is 0. The van der Waals surface area contributed by atoms with Gasteiger partial charge < -0.3 is 9.47 Å². The first-order chi connectivity index (χ1) is 14.0. The molecule has 0 fully saturated rings. The summed E-state index contributed by atoms with van der Waals surface area (Å²) in [5, 5.41) is 0.739. The Labute approximate surface area is 178 Å². The number of amides is 1. The van der Waals surface area contributed by atoms with E-state index in [1.807, 2.05) is 53.4 Å². The van der Waals surface area contributed by atoms with Crippen LogP contribution in [0.15, 0.2) is 66.9 Å². The van der Waals surface area contributed by atoms with Gasteiger partial charge in [0.2, 0.25) is 0 Å². The summed E-state index contributed by atoms with van der Waals surface area (Å²) < 4.78 is 2.19. The highest BCUT2D eigenvalue weighted by Gasteiger charge is 2.19. The first-order valence-electron chi connectivity index (χ1n) is 10.2. The number of carbonyl (C=O) groups is 1. The maximum atomic E-state index is 13.2. The zero-order valence-electron chi connectivity index (χ0n) is 17.4. The Morgan fingerprint density at radius 1 is 1.03 bits per heavy atom. The molecule has 0 aliphatic carbocycles. The number of benzene rings is 2. The fourth-order valence-electron chi connectivity index (χ4n) is 3.50. The van der Waals surface area contributed by atoms with Crippen molar-refractivity contribution in [1.29, 1.82) is 0 Å². The van der Waals surface area contributed by atoms with Crippen LogP contribution in [0.1, 0.15) is 48.0 Å². The van der Waals surface area contributed by atoms with Crippen molar-refractivity contribution < 1.29 is 4.79 Å². The van der Waals surface area contributed by atoms with E-state index in [9.17, 15) is 4.79 Å². The average Bonchev–Trinajstić information content (AvgIpc) is 3.13. The van der Waals surface area contributed by atoms with Gasteiger partial charge in [0.05, 0.1) is 6.54 Å². The molecule has 0 atom stereocenters. The van der Waals surface area contributed by atoms with Gasteiger partial charge in [-0.1, -0.05) is 56.6 Å². The Morgan fingerprint density at radius 3 is 2.45 bits per heavy atom. The molecule has 29 heavy (non-hydrogen) atoms. The largest absolute Gasteiger partial charge is 0.345 e. The molecular weight excluding hydrogens is 380 g/mol. The SMILES string of the molecule is CCc1ccc(C(=O)N(Cc2cccn2Cc2cccc(Cl)c2)CC(C)C)cc1. The highest BCUT2D eigenvalue weighted by molar-refractivity contribution is 6.30. The summed E-state index contributed by atoms with van der Waals surface area (Å²) in [6.07, 6.45) is 3.03. The summed E-state index contributed by atoms with van der Waals surface area (Å²) >= 11 is 6.14. The molecule has 0 aliphatic heterocycles. The third-order valence-corrected chi connectivity index (χ3v) is 5.24. The van der Waals surface area contributed by atoms with Gasteiger partial charge in [0.15, 0.2) is 0 Å². The Morgan fingerprint density at radius 2 is 1.79 bits per heavy atom. The van der Waals surface area contributed by atoms with Gasteiger partial charge >= 0.3 is 0 Å². The molecule has 1 aromatic heterocycles. The van der Waals surface area contributed by atoms with Crippen LogP contribution in [0, 0.1) is 5.92 Å². The molecule has 0 aliphatic rings. The third kappa shape index (κ3) is 5.74. The molecule has 1 amide bonds. The van der Waals surface area contributed by atoms with Crippen LogP contribution >= 0.6 is 11.6 Å². The zero-order chi connectivity index (χ0) is 20.8. The first kappa shape index (κ1) is 21.2. The molecule has 152 valence electrons. The Balaban J connectivity index is 1.80. The zero-order valence-corrected chi connectivity index (χ0v) is 18.2. The van der Waals surface area contributed by atoms with Crippen molar-refractivity contribution in [3.05, 3.63) is 94.3 Å². The van der Waals surface area contributed by atoms with Gasteiger partial charge in [-0.05, 0) is 59.9 Å². The number of carbonyl (C=O) groups excluding carboxylic acids is 1. The van der Waals surface area contributed by atoms with E-state index in [1.54, 1.807) is 0 Å². The quantitative estimate of drug-likeness (QED) is 0.445. The molecule has 0 bridgehead atoms. The second kappa shape index (κ2) is 9.80. The molecular formula is C25H29ClN2O. The number of hydrogen-bond donors (Lipinski definition) is 0. The maximum Gasteiger partial charge on any atom is 0.254 e. The van der Waals surface area contributed by atoms with Crippen LogP contribution in [0.2, 0.25) is 5.02 Å². The fourth-order valence-corrected chi connectivity index (χ4v) is 3.71. The van der Waals surface area contributed by atoms with Gasteiger partial charge in [-0.25, -0.2) is 0 Å². The lowest BCUT2D eigenvalue weighted by Crippen LogP contribution is -2.34. The van der Waals surface area contributed by atoms with Crippen molar-refractivity contribution in [3.8, 4) is 0 Å². The van der Waals surface area contributed by atoms with Gasteiger partial charge in [0, 0.05) is 35.6 Å². The second-order valence-electron chi connectivity index (χ2n) is 7.89. The third-order valence-electron chi connectivity index (χ3n) is 5.00. The Kier molecular flexibility index (Phi) is 7.16. The van der Waals surface area contributed by atoms with Gasteiger partial charge in [0.1, 0.15) is 0 Å². The lowest BCUT2D eigenvalue weighted by atomic mass is 10.1. The van der Waals surface area contributed by atoms with Crippen molar-refractivity contribution in [3.63, 3.8) is 0 Å². The normalized spacial score (nSPS) is 11.1. The van der Waals surface area contributed by atoms with Gasteiger partial charge in [-0.3, -0.25) is 4.79 Å². The van der Waals surface area contributed by atoms with E-state index in [1.165, 1.54) is 5.56 Å². The first-order valence-corrected chi connectivity index (χ1v) is 10.6. The summed E-state index contributed by atoms with van der Waals surface area (Å²) in [4.78, 5) is 15.2. The number of rotatable bonds is 8. The van der Waals surface area contributed by atoms with Crippen molar-refractivity contribution in [2.45, 2.75) is 40.3 Å². The van der Waals surface area contributed by atoms with Crippen LogP contribution < -0.4 is 0 Å². The van der Waals surface area contributed by atoms with Crippen molar-refractivity contribution in [1.82, 2.24) is 9.47 Å². The fraction of sp³-hybridized carbons (Fsp3) is 0.320. The van der Waals surface area contributed by atoms with E-state index >= 15 is 0 Å². The maximum absolute atomic E-state index is 13.2. The van der Waals surface area contributed by atoms with Crippen LogP contribution in [-0.4, -0.2) is 21.9 Å². The van der Waals surface area contributed by atoms with Crippen molar-refractivity contribution in [2.75, 3.05) is 6.54 Å². The van der Waals surface area contributed by atoms with Crippen LogP contribution in [-0.2, 0) is 19.5 Å². The van der Waals surface area contributed by atoms with Gasteiger partial charge in [0.25, 0.3) is 5.91 Å². The molecule has 3 rings (SSSR count). The number of halogens is 1. The predicted molar refractivity (Wildman–Crippen MR) is 120 cm³/mol. The summed E-state index contributed by atoms with van der Waals surface area (Å²) in [5.41, 5.74) is 4.25. The van der Waals surface area contributed by atoms with Crippen LogP contribution in [0.25, 0.3) is 0 Å². The van der Waals surface area contributed by atoms with Crippen molar-refractivity contribution >= 4 is 17.5 Å². The Bertz CT molecular complexity index is 943. The topological polar surface area (TPSA) is 25.2 Å². The minimum atomic E-state index is 0.0804. The molecule has 0 spiro atoms. The molecule has 1 heterocycles. The predicted octanol–water partition coefficient (Wildman–Crippen LogP) is 6.05.